The van der Waals surface area contributed by atoms with Crippen molar-refractivity contribution in [3.8, 4) is 0 Å². The van der Waals surface area contributed by atoms with Crippen molar-refractivity contribution in [3.63, 3.8) is 0 Å². The van der Waals surface area contributed by atoms with Crippen LogP contribution in [0.25, 0.3) is 16.9 Å². The molecule has 0 saturated heterocycles. The van der Waals surface area contributed by atoms with Crippen LogP contribution in [-0.2, 0) is 4.74 Å². The van der Waals surface area contributed by atoms with Gasteiger partial charge in [-0.1, -0.05) is 36.4 Å². The summed E-state index contributed by atoms with van der Waals surface area (Å²) in [5.74, 6) is 0.346. The Morgan fingerprint density at radius 2 is 2.07 bits per heavy atom. The summed E-state index contributed by atoms with van der Waals surface area (Å²) in [5, 5.41) is 0. The van der Waals surface area contributed by atoms with Crippen LogP contribution in [0.15, 0.2) is 66.5 Å². The lowest BCUT2D eigenvalue weighted by Gasteiger charge is -2.19. The second-order valence-corrected chi connectivity index (χ2v) is 6.29. The molecule has 0 N–H and O–H groups in total. The van der Waals surface area contributed by atoms with E-state index < -0.39 is 0 Å². The third kappa shape index (κ3) is 3.13. The molecule has 0 amide bonds. The van der Waals surface area contributed by atoms with Gasteiger partial charge < -0.3 is 9.30 Å². The Hall–Kier alpha value is -3.32. The molecule has 0 radical (unpaired) electrons. The van der Waals surface area contributed by atoms with E-state index in [0.717, 1.165) is 11.1 Å². The van der Waals surface area contributed by atoms with Crippen LogP contribution in [0.1, 0.15) is 17.2 Å². The van der Waals surface area contributed by atoms with E-state index in [1.807, 2.05) is 41.8 Å². The fourth-order valence-electron chi connectivity index (χ4n) is 3.08. The third-order valence-corrected chi connectivity index (χ3v) is 4.36. The van der Waals surface area contributed by atoms with Crippen molar-refractivity contribution in [1.29, 1.82) is 0 Å². The van der Waals surface area contributed by atoms with Gasteiger partial charge in [0.2, 0.25) is 5.78 Å². The van der Waals surface area contributed by atoms with Crippen molar-refractivity contribution in [2.45, 2.75) is 13.0 Å². The van der Waals surface area contributed by atoms with Gasteiger partial charge in [-0.2, -0.15) is 4.98 Å². The van der Waals surface area contributed by atoms with Crippen LogP contribution < -0.4 is 5.56 Å². The van der Waals surface area contributed by atoms with E-state index in [-0.39, 0.29) is 11.6 Å². The van der Waals surface area contributed by atoms with Crippen molar-refractivity contribution in [3.05, 3.63) is 83.2 Å². The highest BCUT2D eigenvalue weighted by Gasteiger charge is 2.20. The largest absolute Gasteiger partial charge is 0.375 e. The molecule has 1 aromatic carbocycles. The van der Waals surface area contributed by atoms with E-state index >= 15 is 0 Å². The molecule has 0 bridgehead atoms. The second-order valence-electron chi connectivity index (χ2n) is 6.29. The topological polar surface area (TPSA) is 74.3 Å². The van der Waals surface area contributed by atoms with E-state index in [2.05, 4.69) is 21.5 Å². The standard InChI is InChI=1S/C20H19N5O2/c1-3-9-27-12-16(15-7-5-4-6-8-15)25-13-22-17-18(25)23-20-21-10-14(2)11-24(20)19(17)26/h3-8,10-11,13,16H,1,9,12H2,2H3. The molecule has 136 valence electrons. The Morgan fingerprint density at radius 1 is 1.26 bits per heavy atom. The molecule has 0 aliphatic heterocycles. The van der Waals surface area contributed by atoms with Gasteiger partial charge in [-0.25, -0.2) is 14.4 Å². The number of imidazole rings is 1. The molecule has 3 heterocycles. The minimum absolute atomic E-state index is 0.170. The van der Waals surface area contributed by atoms with E-state index in [4.69, 9.17) is 4.74 Å². The normalized spacial score (nSPS) is 12.5. The number of nitrogens with zero attached hydrogens (tertiary/aromatic N) is 5. The summed E-state index contributed by atoms with van der Waals surface area (Å²) in [6.45, 7) is 6.41. The lowest BCUT2D eigenvalue weighted by Crippen LogP contribution is -2.20. The molecule has 7 nitrogen and oxygen atoms in total. The van der Waals surface area contributed by atoms with Gasteiger partial charge >= 0.3 is 0 Å². The molecule has 4 aromatic rings. The van der Waals surface area contributed by atoms with Crippen molar-refractivity contribution in [2.24, 2.45) is 0 Å². The molecule has 0 aliphatic carbocycles. The van der Waals surface area contributed by atoms with Crippen LogP contribution in [0.3, 0.4) is 0 Å². The number of aryl methyl sites for hydroxylation is 1. The van der Waals surface area contributed by atoms with Crippen molar-refractivity contribution < 1.29 is 4.74 Å². The van der Waals surface area contributed by atoms with E-state index in [0.29, 0.717) is 30.2 Å². The number of fused-ring (bicyclic) bond motifs is 2. The molecule has 1 unspecified atom stereocenters. The summed E-state index contributed by atoms with van der Waals surface area (Å²) >= 11 is 0. The number of ether oxygens (including phenoxy) is 1. The highest BCUT2D eigenvalue weighted by atomic mass is 16.5. The van der Waals surface area contributed by atoms with Gasteiger partial charge in [0.05, 0.1) is 25.6 Å². The highest BCUT2D eigenvalue weighted by molar-refractivity contribution is 5.72. The Labute approximate surface area is 155 Å². The molecule has 0 aliphatic rings. The Bertz CT molecular complexity index is 1160. The molecular formula is C20H19N5O2. The third-order valence-electron chi connectivity index (χ3n) is 4.36. The van der Waals surface area contributed by atoms with E-state index in [1.54, 1.807) is 24.8 Å². The van der Waals surface area contributed by atoms with Crippen molar-refractivity contribution >= 4 is 16.9 Å². The lowest BCUT2D eigenvalue weighted by atomic mass is 10.1. The zero-order valence-corrected chi connectivity index (χ0v) is 14.9. The summed E-state index contributed by atoms with van der Waals surface area (Å²) in [6, 6.07) is 9.76. The molecule has 1 atom stereocenters. The maximum absolute atomic E-state index is 12.8. The SMILES string of the molecule is C=CCOCC(c1ccccc1)n1cnc2c(=O)n3cc(C)cnc3nc21. The van der Waals surface area contributed by atoms with Gasteiger partial charge in [-0.15, -0.1) is 6.58 Å². The fraction of sp³-hybridized carbons (Fsp3) is 0.200. The van der Waals surface area contributed by atoms with Crippen molar-refractivity contribution in [2.75, 3.05) is 13.2 Å². The zero-order valence-electron chi connectivity index (χ0n) is 14.9. The van der Waals surface area contributed by atoms with E-state index in [9.17, 15) is 4.79 Å². The van der Waals surface area contributed by atoms with Crippen LogP contribution >= 0.6 is 0 Å². The number of hydrogen-bond donors (Lipinski definition) is 0. The molecule has 0 spiro atoms. The predicted octanol–water partition coefficient (Wildman–Crippen LogP) is 2.54. The van der Waals surface area contributed by atoms with Crippen LogP contribution in [0, 0.1) is 6.92 Å². The maximum Gasteiger partial charge on any atom is 0.287 e. The molecule has 3 aromatic heterocycles. The molecule has 0 fully saturated rings. The first-order chi connectivity index (χ1) is 13.2. The number of hydrogen-bond acceptors (Lipinski definition) is 5. The first-order valence-electron chi connectivity index (χ1n) is 8.64. The molecule has 27 heavy (non-hydrogen) atoms. The Balaban J connectivity index is 1.89. The van der Waals surface area contributed by atoms with Gasteiger partial charge in [-0.05, 0) is 18.1 Å². The monoisotopic (exact) mass is 361 g/mol. The van der Waals surface area contributed by atoms with Crippen molar-refractivity contribution in [1.82, 2.24) is 23.9 Å². The van der Waals surface area contributed by atoms with Crippen LogP contribution in [0.2, 0.25) is 0 Å². The average molecular weight is 361 g/mol. The summed E-state index contributed by atoms with van der Waals surface area (Å²) < 4.78 is 9.02. The Morgan fingerprint density at radius 3 is 2.85 bits per heavy atom. The number of rotatable bonds is 6. The summed E-state index contributed by atoms with van der Waals surface area (Å²) in [7, 11) is 0. The van der Waals surface area contributed by atoms with Gasteiger partial charge in [0, 0.05) is 12.4 Å². The summed E-state index contributed by atoms with van der Waals surface area (Å²) in [6.07, 6.45) is 6.76. The average Bonchev–Trinajstić information content (AvgIpc) is 3.11. The van der Waals surface area contributed by atoms with Gasteiger partial charge in [-0.3, -0.25) is 4.79 Å². The predicted molar refractivity (Wildman–Crippen MR) is 103 cm³/mol. The van der Waals surface area contributed by atoms with E-state index in [1.165, 1.54) is 4.40 Å². The van der Waals surface area contributed by atoms with Crippen LogP contribution in [0.5, 0.6) is 0 Å². The highest BCUT2D eigenvalue weighted by Crippen LogP contribution is 2.22. The minimum atomic E-state index is -0.233. The quantitative estimate of drug-likeness (QED) is 0.390. The lowest BCUT2D eigenvalue weighted by molar-refractivity contribution is 0.139. The summed E-state index contributed by atoms with van der Waals surface area (Å²) in [4.78, 5) is 26.0. The zero-order chi connectivity index (χ0) is 18.8. The van der Waals surface area contributed by atoms with Gasteiger partial charge in [0.25, 0.3) is 5.56 Å². The molecular weight excluding hydrogens is 342 g/mol. The number of aromatic nitrogens is 5. The molecule has 4 rings (SSSR count). The second kappa shape index (κ2) is 7.13. The number of benzene rings is 1. The van der Waals surface area contributed by atoms with Gasteiger partial charge in [0.1, 0.15) is 0 Å². The van der Waals surface area contributed by atoms with Gasteiger partial charge in [0.15, 0.2) is 11.2 Å². The smallest absolute Gasteiger partial charge is 0.287 e. The maximum atomic E-state index is 12.8. The molecule has 7 heteroatoms. The first kappa shape index (κ1) is 17.1. The Kier molecular flexibility index (Phi) is 4.52. The fourth-order valence-corrected chi connectivity index (χ4v) is 3.08. The first-order valence-corrected chi connectivity index (χ1v) is 8.64. The van der Waals surface area contributed by atoms with Crippen LogP contribution in [0.4, 0.5) is 0 Å². The minimum Gasteiger partial charge on any atom is -0.375 e. The summed E-state index contributed by atoms with van der Waals surface area (Å²) in [5.41, 5.74) is 2.49. The van der Waals surface area contributed by atoms with Crippen LogP contribution in [-0.4, -0.2) is 37.1 Å². The molecule has 0 saturated carbocycles.